The number of aromatic nitrogens is 1. The standard InChI is InChI=1S/C22H22ClN3O4S2/c23-19-5-7-20(8-6-19)26(17-18-4-3-13-24-16-18)32(29,30)22-11-9-21(10-12-22)31(27,28)25-14-1-2-15-25/h3-13,16H,1-2,14-15,17H2. The summed E-state index contributed by atoms with van der Waals surface area (Å²) < 4.78 is 55.3. The number of benzene rings is 2. The second kappa shape index (κ2) is 9.19. The average Bonchev–Trinajstić information content (AvgIpc) is 3.35. The molecule has 10 heteroatoms. The Morgan fingerprint density at radius 3 is 2.09 bits per heavy atom. The predicted molar refractivity (Wildman–Crippen MR) is 123 cm³/mol. The zero-order valence-corrected chi connectivity index (χ0v) is 19.5. The van der Waals surface area contributed by atoms with E-state index in [4.69, 9.17) is 11.6 Å². The lowest BCUT2D eigenvalue weighted by Crippen LogP contribution is -2.31. The molecule has 0 saturated carbocycles. The van der Waals surface area contributed by atoms with Gasteiger partial charge in [-0.05, 0) is 73.0 Å². The summed E-state index contributed by atoms with van der Waals surface area (Å²) >= 11 is 5.98. The fourth-order valence-electron chi connectivity index (χ4n) is 3.57. The molecule has 168 valence electrons. The highest BCUT2D eigenvalue weighted by Gasteiger charge is 2.29. The Bertz CT molecular complexity index is 1280. The van der Waals surface area contributed by atoms with Crippen molar-refractivity contribution in [2.45, 2.75) is 29.2 Å². The van der Waals surface area contributed by atoms with E-state index in [1.54, 1.807) is 48.8 Å². The van der Waals surface area contributed by atoms with E-state index in [2.05, 4.69) is 4.98 Å². The maximum absolute atomic E-state index is 13.6. The molecule has 0 aliphatic carbocycles. The first kappa shape index (κ1) is 22.7. The average molecular weight is 492 g/mol. The molecule has 0 spiro atoms. The molecule has 32 heavy (non-hydrogen) atoms. The second-order valence-electron chi connectivity index (χ2n) is 7.43. The molecule has 7 nitrogen and oxygen atoms in total. The van der Waals surface area contributed by atoms with Crippen molar-refractivity contribution in [2.75, 3.05) is 17.4 Å². The first-order valence-corrected chi connectivity index (χ1v) is 13.3. The molecule has 1 aliphatic heterocycles. The lowest BCUT2D eigenvalue weighted by atomic mass is 10.2. The fourth-order valence-corrected chi connectivity index (χ4v) is 6.66. The van der Waals surface area contributed by atoms with E-state index in [-0.39, 0.29) is 16.3 Å². The van der Waals surface area contributed by atoms with Crippen LogP contribution in [0.5, 0.6) is 0 Å². The van der Waals surface area contributed by atoms with Gasteiger partial charge in [0, 0.05) is 30.5 Å². The number of anilines is 1. The molecule has 1 aliphatic rings. The number of nitrogens with zero attached hydrogens (tertiary/aromatic N) is 3. The molecule has 0 radical (unpaired) electrons. The lowest BCUT2D eigenvalue weighted by Gasteiger charge is -2.25. The topological polar surface area (TPSA) is 87.6 Å². The van der Waals surface area contributed by atoms with Crippen LogP contribution in [0.1, 0.15) is 18.4 Å². The number of sulfonamides is 2. The highest BCUT2D eigenvalue weighted by atomic mass is 35.5. The largest absolute Gasteiger partial charge is 0.264 e. The van der Waals surface area contributed by atoms with Gasteiger partial charge in [0.05, 0.1) is 22.0 Å². The third-order valence-corrected chi connectivity index (χ3v) is 9.23. The van der Waals surface area contributed by atoms with Gasteiger partial charge in [-0.1, -0.05) is 17.7 Å². The van der Waals surface area contributed by atoms with Gasteiger partial charge >= 0.3 is 0 Å². The van der Waals surface area contributed by atoms with E-state index in [9.17, 15) is 16.8 Å². The molecule has 0 bridgehead atoms. The second-order valence-corrected chi connectivity index (χ2v) is 11.7. The van der Waals surface area contributed by atoms with Crippen molar-refractivity contribution >= 4 is 37.3 Å². The molecule has 2 aromatic carbocycles. The van der Waals surface area contributed by atoms with Crippen LogP contribution in [0.25, 0.3) is 0 Å². The van der Waals surface area contributed by atoms with Crippen LogP contribution in [0.4, 0.5) is 5.69 Å². The van der Waals surface area contributed by atoms with Crippen LogP contribution < -0.4 is 4.31 Å². The molecule has 1 fully saturated rings. The van der Waals surface area contributed by atoms with Crippen LogP contribution in [-0.4, -0.2) is 39.2 Å². The number of rotatable bonds is 7. The Hall–Kier alpha value is -2.46. The van der Waals surface area contributed by atoms with Crippen molar-refractivity contribution in [1.82, 2.24) is 9.29 Å². The molecule has 0 N–H and O–H groups in total. The van der Waals surface area contributed by atoms with Crippen LogP contribution in [0.3, 0.4) is 0 Å². The Labute approximate surface area is 193 Å². The predicted octanol–water partition coefficient (Wildman–Crippen LogP) is 3.92. The van der Waals surface area contributed by atoms with Gasteiger partial charge in [0.2, 0.25) is 10.0 Å². The lowest BCUT2D eigenvalue weighted by molar-refractivity contribution is 0.477. The highest BCUT2D eigenvalue weighted by molar-refractivity contribution is 7.92. The molecular weight excluding hydrogens is 470 g/mol. The summed E-state index contributed by atoms with van der Waals surface area (Å²) in [4.78, 5) is 4.15. The van der Waals surface area contributed by atoms with Gasteiger partial charge in [0.25, 0.3) is 10.0 Å². The summed E-state index contributed by atoms with van der Waals surface area (Å²) in [6.45, 7) is 1.03. The van der Waals surface area contributed by atoms with Crippen molar-refractivity contribution in [3.8, 4) is 0 Å². The van der Waals surface area contributed by atoms with E-state index in [1.807, 2.05) is 0 Å². The number of hydrogen-bond donors (Lipinski definition) is 0. The molecule has 0 atom stereocenters. The molecule has 1 saturated heterocycles. The molecule has 0 unspecified atom stereocenters. The molecule has 1 aromatic heterocycles. The Morgan fingerprint density at radius 1 is 0.875 bits per heavy atom. The summed E-state index contributed by atoms with van der Waals surface area (Å²) in [5.41, 5.74) is 1.14. The quantitative estimate of drug-likeness (QED) is 0.500. The van der Waals surface area contributed by atoms with Gasteiger partial charge in [0.15, 0.2) is 0 Å². The zero-order chi connectivity index (χ0) is 22.8. The summed E-state index contributed by atoms with van der Waals surface area (Å²) in [5, 5.41) is 0.490. The van der Waals surface area contributed by atoms with Gasteiger partial charge in [-0.2, -0.15) is 4.31 Å². The van der Waals surface area contributed by atoms with Gasteiger partial charge in [0.1, 0.15) is 0 Å². The third kappa shape index (κ3) is 4.66. The Morgan fingerprint density at radius 2 is 1.50 bits per heavy atom. The SMILES string of the molecule is O=S(=O)(c1ccc(S(=O)(=O)N(Cc2cccnc2)c2ccc(Cl)cc2)cc1)N1CCCC1. The molecule has 3 aromatic rings. The van der Waals surface area contributed by atoms with Gasteiger partial charge in [-0.25, -0.2) is 16.8 Å². The van der Waals surface area contributed by atoms with E-state index in [1.165, 1.54) is 32.9 Å². The summed E-state index contributed by atoms with van der Waals surface area (Å²) in [5.74, 6) is 0. The minimum absolute atomic E-state index is 0.00304. The van der Waals surface area contributed by atoms with Gasteiger partial charge < -0.3 is 0 Å². The molecule has 2 heterocycles. The minimum atomic E-state index is -3.99. The minimum Gasteiger partial charge on any atom is -0.264 e. The first-order valence-electron chi connectivity index (χ1n) is 10.1. The third-order valence-electron chi connectivity index (χ3n) is 5.28. The molecular formula is C22H22ClN3O4S2. The fraction of sp³-hybridized carbons (Fsp3) is 0.227. The number of hydrogen-bond acceptors (Lipinski definition) is 5. The molecule has 4 rings (SSSR count). The van der Waals surface area contributed by atoms with Crippen LogP contribution in [-0.2, 0) is 26.6 Å². The monoisotopic (exact) mass is 491 g/mol. The summed E-state index contributed by atoms with van der Waals surface area (Å²) in [6, 6.07) is 15.4. The van der Waals surface area contributed by atoms with Crippen molar-refractivity contribution in [1.29, 1.82) is 0 Å². The van der Waals surface area contributed by atoms with Gasteiger partial charge in [-0.3, -0.25) is 9.29 Å². The Balaban J connectivity index is 1.69. The van der Waals surface area contributed by atoms with Crippen molar-refractivity contribution in [2.24, 2.45) is 0 Å². The zero-order valence-electron chi connectivity index (χ0n) is 17.1. The maximum Gasteiger partial charge on any atom is 0.264 e. The van der Waals surface area contributed by atoms with Gasteiger partial charge in [-0.15, -0.1) is 0 Å². The smallest absolute Gasteiger partial charge is 0.264 e. The highest BCUT2D eigenvalue weighted by Crippen LogP contribution is 2.28. The number of pyridine rings is 1. The first-order chi connectivity index (χ1) is 15.3. The van der Waals surface area contributed by atoms with Crippen molar-refractivity contribution in [3.63, 3.8) is 0 Å². The van der Waals surface area contributed by atoms with Crippen LogP contribution in [0.2, 0.25) is 5.02 Å². The van der Waals surface area contributed by atoms with Crippen molar-refractivity contribution in [3.05, 3.63) is 83.6 Å². The van der Waals surface area contributed by atoms with Crippen LogP contribution in [0.15, 0.2) is 82.8 Å². The summed E-state index contributed by atoms with van der Waals surface area (Å²) in [6.07, 6.45) is 4.88. The van der Waals surface area contributed by atoms with E-state index in [0.717, 1.165) is 12.8 Å². The summed E-state index contributed by atoms with van der Waals surface area (Å²) in [7, 11) is -7.62. The Kier molecular flexibility index (Phi) is 6.52. The number of halogens is 1. The van der Waals surface area contributed by atoms with E-state index >= 15 is 0 Å². The van der Waals surface area contributed by atoms with Crippen molar-refractivity contribution < 1.29 is 16.8 Å². The maximum atomic E-state index is 13.6. The van der Waals surface area contributed by atoms with E-state index in [0.29, 0.717) is 29.4 Å². The van der Waals surface area contributed by atoms with Crippen LogP contribution in [0, 0.1) is 0 Å². The molecule has 0 amide bonds. The normalized spacial score (nSPS) is 15.0. The van der Waals surface area contributed by atoms with Crippen LogP contribution >= 0.6 is 11.6 Å². The van der Waals surface area contributed by atoms with E-state index < -0.39 is 20.0 Å².